The lowest BCUT2D eigenvalue weighted by Gasteiger charge is -2.23. The van der Waals surface area contributed by atoms with Gasteiger partial charge in [0, 0.05) is 6.04 Å². The van der Waals surface area contributed by atoms with Gasteiger partial charge in [-0.05, 0) is 60.4 Å². The van der Waals surface area contributed by atoms with E-state index in [4.69, 9.17) is 0 Å². The van der Waals surface area contributed by atoms with Gasteiger partial charge >= 0.3 is 0 Å². The van der Waals surface area contributed by atoms with Gasteiger partial charge in [-0.2, -0.15) is 5.10 Å². The summed E-state index contributed by atoms with van der Waals surface area (Å²) in [5.74, 6) is -0.220. The van der Waals surface area contributed by atoms with Gasteiger partial charge in [0.05, 0.1) is 22.4 Å². The van der Waals surface area contributed by atoms with E-state index >= 15 is 0 Å². The van der Waals surface area contributed by atoms with Crippen LogP contribution in [0.15, 0.2) is 34.9 Å². The van der Waals surface area contributed by atoms with Crippen molar-refractivity contribution >= 4 is 15.9 Å². The monoisotopic (exact) mass is 353 g/mol. The molecule has 114 valence electrons. The van der Waals surface area contributed by atoms with E-state index in [-0.39, 0.29) is 17.9 Å². The van der Waals surface area contributed by atoms with Gasteiger partial charge in [-0.3, -0.25) is 4.68 Å². The zero-order valence-electron chi connectivity index (χ0n) is 12.6. The van der Waals surface area contributed by atoms with Crippen LogP contribution in [0.1, 0.15) is 50.5 Å². The van der Waals surface area contributed by atoms with Gasteiger partial charge in [0.1, 0.15) is 5.82 Å². The van der Waals surface area contributed by atoms with Gasteiger partial charge in [-0.15, -0.1) is 0 Å². The fourth-order valence-corrected chi connectivity index (χ4v) is 2.88. The Morgan fingerprint density at radius 1 is 1.38 bits per heavy atom. The van der Waals surface area contributed by atoms with Crippen molar-refractivity contribution in [2.75, 3.05) is 6.54 Å². The van der Waals surface area contributed by atoms with Crippen molar-refractivity contribution in [3.63, 3.8) is 0 Å². The molecule has 1 aromatic heterocycles. The first-order chi connectivity index (χ1) is 10.0. The van der Waals surface area contributed by atoms with Crippen LogP contribution in [0.2, 0.25) is 0 Å². The standard InChI is InChI=1S/C16H21BrFN3/c1-4-8-19-15(12-6-5-7-13(18)9-12)16-14(17)10-20-21(16)11(2)3/h5-7,9-11,15,19H,4,8H2,1-3H3. The van der Waals surface area contributed by atoms with Gasteiger partial charge in [-0.1, -0.05) is 19.1 Å². The molecule has 0 saturated heterocycles. The predicted molar refractivity (Wildman–Crippen MR) is 86.8 cm³/mol. The lowest BCUT2D eigenvalue weighted by Crippen LogP contribution is -2.26. The van der Waals surface area contributed by atoms with Gasteiger partial charge in [0.25, 0.3) is 0 Å². The Hall–Kier alpha value is -1.20. The molecule has 1 aromatic carbocycles. The lowest BCUT2D eigenvalue weighted by atomic mass is 10.0. The average Bonchev–Trinajstić information content (AvgIpc) is 2.82. The van der Waals surface area contributed by atoms with Gasteiger partial charge in [0.15, 0.2) is 0 Å². The highest BCUT2D eigenvalue weighted by Crippen LogP contribution is 2.30. The van der Waals surface area contributed by atoms with Crippen molar-refractivity contribution < 1.29 is 4.39 Å². The summed E-state index contributed by atoms with van der Waals surface area (Å²) >= 11 is 3.58. The summed E-state index contributed by atoms with van der Waals surface area (Å²) in [6, 6.07) is 6.90. The van der Waals surface area contributed by atoms with Crippen LogP contribution in [-0.4, -0.2) is 16.3 Å². The topological polar surface area (TPSA) is 29.9 Å². The highest BCUT2D eigenvalue weighted by atomic mass is 79.9. The second-order valence-electron chi connectivity index (χ2n) is 5.36. The van der Waals surface area contributed by atoms with E-state index in [1.165, 1.54) is 6.07 Å². The van der Waals surface area contributed by atoms with Gasteiger partial charge in [0.2, 0.25) is 0 Å². The van der Waals surface area contributed by atoms with Crippen molar-refractivity contribution in [1.82, 2.24) is 15.1 Å². The zero-order valence-corrected chi connectivity index (χ0v) is 14.2. The van der Waals surface area contributed by atoms with Gasteiger partial charge in [-0.25, -0.2) is 4.39 Å². The fourth-order valence-electron chi connectivity index (χ4n) is 2.38. The molecule has 2 aromatic rings. The molecule has 2 rings (SSSR count). The summed E-state index contributed by atoms with van der Waals surface area (Å²) in [5, 5.41) is 7.92. The van der Waals surface area contributed by atoms with E-state index in [1.807, 2.05) is 10.7 Å². The van der Waals surface area contributed by atoms with Crippen LogP contribution in [0.4, 0.5) is 4.39 Å². The molecular weight excluding hydrogens is 333 g/mol. The molecule has 3 nitrogen and oxygen atoms in total. The molecule has 0 aliphatic rings. The van der Waals surface area contributed by atoms with Crippen LogP contribution < -0.4 is 5.32 Å². The first kappa shape index (κ1) is 16.2. The number of rotatable bonds is 6. The first-order valence-corrected chi connectivity index (χ1v) is 8.05. The van der Waals surface area contributed by atoms with Crippen LogP contribution in [-0.2, 0) is 0 Å². The van der Waals surface area contributed by atoms with Crippen molar-refractivity contribution in [3.05, 3.63) is 52.0 Å². The zero-order chi connectivity index (χ0) is 15.4. The van der Waals surface area contributed by atoms with Crippen molar-refractivity contribution in [1.29, 1.82) is 0 Å². The van der Waals surface area contributed by atoms with E-state index in [0.717, 1.165) is 28.7 Å². The minimum atomic E-state index is -0.220. The number of hydrogen-bond donors (Lipinski definition) is 1. The Kier molecular flexibility index (Phi) is 5.53. The minimum absolute atomic E-state index is 0.0834. The fraction of sp³-hybridized carbons (Fsp3) is 0.438. The number of benzene rings is 1. The van der Waals surface area contributed by atoms with Crippen LogP contribution in [0.3, 0.4) is 0 Å². The molecule has 5 heteroatoms. The van der Waals surface area contributed by atoms with Crippen LogP contribution in [0.25, 0.3) is 0 Å². The number of aromatic nitrogens is 2. The molecule has 0 spiro atoms. The first-order valence-electron chi connectivity index (χ1n) is 7.26. The Morgan fingerprint density at radius 2 is 2.14 bits per heavy atom. The van der Waals surface area contributed by atoms with Crippen molar-refractivity contribution in [2.45, 2.75) is 39.3 Å². The average molecular weight is 354 g/mol. The second kappa shape index (κ2) is 7.18. The third kappa shape index (κ3) is 3.71. The summed E-state index contributed by atoms with van der Waals surface area (Å²) in [6.07, 6.45) is 2.81. The number of nitrogens with zero attached hydrogens (tertiary/aromatic N) is 2. The van der Waals surface area contributed by atoms with Gasteiger partial charge < -0.3 is 5.32 Å². The normalized spacial score (nSPS) is 12.9. The summed E-state index contributed by atoms with van der Waals surface area (Å²) in [7, 11) is 0. The minimum Gasteiger partial charge on any atom is -0.305 e. The number of halogens is 2. The molecule has 1 heterocycles. The largest absolute Gasteiger partial charge is 0.305 e. The highest BCUT2D eigenvalue weighted by molar-refractivity contribution is 9.10. The molecule has 1 N–H and O–H groups in total. The second-order valence-corrected chi connectivity index (χ2v) is 6.21. The maximum Gasteiger partial charge on any atom is 0.123 e. The smallest absolute Gasteiger partial charge is 0.123 e. The molecular formula is C16H21BrFN3. The van der Waals surface area contributed by atoms with E-state index in [0.29, 0.717) is 0 Å². The third-order valence-corrected chi connectivity index (χ3v) is 3.94. The molecule has 0 aliphatic carbocycles. The van der Waals surface area contributed by atoms with E-state index in [1.54, 1.807) is 18.3 Å². The summed E-state index contributed by atoms with van der Waals surface area (Å²) < 4.78 is 16.5. The molecule has 0 fully saturated rings. The highest BCUT2D eigenvalue weighted by Gasteiger charge is 2.22. The predicted octanol–water partition coefficient (Wildman–Crippen LogP) is 4.45. The Balaban J connectivity index is 2.48. The Bertz CT molecular complexity index is 595. The maximum absolute atomic E-state index is 13.6. The SMILES string of the molecule is CCCNC(c1cccc(F)c1)c1c(Br)cnn1C(C)C. The number of hydrogen-bond acceptors (Lipinski definition) is 2. The van der Waals surface area contributed by atoms with Crippen LogP contribution in [0, 0.1) is 5.82 Å². The van der Waals surface area contributed by atoms with E-state index in [2.05, 4.69) is 47.1 Å². The molecule has 0 bridgehead atoms. The van der Waals surface area contributed by atoms with E-state index < -0.39 is 0 Å². The van der Waals surface area contributed by atoms with Crippen molar-refractivity contribution in [3.8, 4) is 0 Å². The lowest BCUT2D eigenvalue weighted by molar-refractivity contribution is 0.469. The van der Waals surface area contributed by atoms with Crippen LogP contribution >= 0.6 is 15.9 Å². The Labute approximate surface area is 133 Å². The number of nitrogens with one attached hydrogen (secondary N) is 1. The quantitative estimate of drug-likeness (QED) is 0.830. The maximum atomic E-state index is 13.6. The molecule has 0 aliphatic heterocycles. The van der Waals surface area contributed by atoms with Crippen LogP contribution in [0.5, 0.6) is 0 Å². The van der Waals surface area contributed by atoms with E-state index in [9.17, 15) is 4.39 Å². The Morgan fingerprint density at radius 3 is 2.76 bits per heavy atom. The summed E-state index contributed by atoms with van der Waals surface area (Å²) in [5.41, 5.74) is 1.94. The molecule has 0 amide bonds. The van der Waals surface area contributed by atoms with Crippen molar-refractivity contribution in [2.24, 2.45) is 0 Å². The molecule has 21 heavy (non-hydrogen) atoms. The molecule has 1 atom stereocenters. The summed E-state index contributed by atoms with van der Waals surface area (Å²) in [6.45, 7) is 7.15. The molecule has 0 saturated carbocycles. The molecule has 0 radical (unpaired) electrons. The third-order valence-electron chi connectivity index (χ3n) is 3.33. The molecule has 1 unspecified atom stereocenters. The summed E-state index contributed by atoms with van der Waals surface area (Å²) in [4.78, 5) is 0.